The van der Waals surface area contributed by atoms with Gasteiger partial charge in [0, 0.05) is 37.9 Å². The van der Waals surface area contributed by atoms with Gasteiger partial charge in [-0.25, -0.2) is 4.98 Å². The highest BCUT2D eigenvalue weighted by Gasteiger charge is 2.20. The molecule has 0 radical (unpaired) electrons. The summed E-state index contributed by atoms with van der Waals surface area (Å²) in [7, 11) is 2.19. The molecule has 7 heteroatoms. The predicted molar refractivity (Wildman–Crippen MR) is 92.0 cm³/mol. The maximum absolute atomic E-state index is 4.42. The van der Waals surface area contributed by atoms with Crippen LogP contribution in [0.5, 0.6) is 0 Å². The van der Waals surface area contributed by atoms with Crippen LogP contribution < -0.4 is 4.90 Å². The van der Waals surface area contributed by atoms with Crippen LogP contribution in [0.4, 0.5) is 5.82 Å². The summed E-state index contributed by atoms with van der Waals surface area (Å²) in [6.07, 6.45) is 2.82. The molecule has 0 spiro atoms. The lowest BCUT2D eigenvalue weighted by molar-refractivity contribution is 0.236. The molecule has 3 rings (SSSR count). The lowest BCUT2D eigenvalue weighted by Crippen LogP contribution is -2.47. The van der Waals surface area contributed by atoms with Crippen LogP contribution in [0.1, 0.15) is 19.0 Å². The Balaban J connectivity index is 1.57. The fourth-order valence-corrected chi connectivity index (χ4v) is 3.06. The topological polar surface area (TPSA) is 52.8 Å². The van der Waals surface area contributed by atoms with Crippen molar-refractivity contribution < 1.29 is 0 Å². The standard InChI is InChI=1S/C16H27N7/c1-4-20(3)6-5-7-21-8-10-22(11-9-21)15-12-14(2)19-16-17-13-18-23(15)16/h12-13H,4-11H2,1-3H3. The minimum Gasteiger partial charge on any atom is -0.354 e. The molecule has 0 aliphatic carbocycles. The summed E-state index contributed by atoms with van der Waals surface area (Å²) < 4.78 is 1.85. The lowest BCUT2D eigenvalue weighted by atomic mass is 10.2. The summed E-state index contributed by atoms with van der Waals surface area (Å²) in [6, 6.07) is 2.10. The van der Waals surface area contributed by atoms with Crippen molar-refractivity contribution in [3.63, 3.8) is 0 Å². The zero-order valence-corrected chi connectivity index (χ0v) is 14.4. The highest BCUT2D eigenvalue weighted by atomic mass is 15.4. The molecule has 23 heavy (non-hydrogen) atoms. The first-order valence-electron chi connectivity index (χ1n) is 8.50. The van der Waals surface area contributed by atoms with Crippen molar-refractivity contribution in [3.8, 4) is 0 Å². The van der Waals surface area contributed by atoms with Crippen molar-refractivity contribution in [2.24, 2.45) is 0 Å². The molecule has 2 aromatic heterocycles. The molecule has 0 N–H and O–H groups in total. The number of aromatic nitrogens is 4. The summed E-state index contributed by atoms with van der Waals surface area (Å²) in [5, 5.41) is 4.31. The van der Waals surface area contributed by atoms with Crippen LogP contribution >= 0.6 is 0 Å². The Labute approximate surface area is 137 Å². The zero-order chi connectivity index (χ0) is 16.2. The molecule has 0 unspecified atom stereocenters. The third-order valence-electron chi connectivity index (χ3n) is 4.61. The molecule has 0 saturated carbocycles. The molecule has 1 aliphatic heterocycles. The van der Waals surface area contributed by atoms with Crippen molar-refractivity contribution in [2.75, 3.05) is 57.8 Å². The monoisotopic (exact) mass is 317 g/mol. The fourth-order valence-electron chi connectivity index (χ4n) is 3.06. The number of rotatable bonds is 6. The van der Waals surface area contributed by atoms with Gasteiger partial charge in [-0.15, -0.1) is 0 Å². The third kappa shape index (κ3) is 3.79. The summed E-state index contributed by atoms with van der Waals surface area (Å²) in [4.78, 5) is 16.0. The van der Waals surface area contributed by atoms with Crippen molar-refractivity contribution in [1.82, 2.24) is 29.4 Å². The quantitative estimate of drug-likeness (QED) is 0.789. The van der Waals surface area contributed by atoms with Gasteiger partial charge in [-0.2, -0.15) is 14.6 Å². The van der Waals surface area contributed by atoms with E-state index in [0.717, 1.165) is 44.2 Å². The Morgan fingerprint density at radius 2 is 2.00 bits per heavy atom. The Bertz CT molecular complexity index is 630. The van der Waals surface area contributed by atoms with Gasteiger partial charge in [-0.1, -0.05) is 6.92 Å². The normalized spacial score (nSPS) is 16.6. The van der Waals surface area contributed by atoms with Crippen LogP contribution in [-0.4, -0.2) is 82.2 Å². The number of fused-ring (bicyclic) bond motifs is 1. The van der Waals surface area contributed by atoms with Crippen LogP contribution in [0.2, 0.25) is 0 Å². The maximum atomic E-state index is 4.42. The van der Waals surface area contributed by atoms with Crippen molar-refractivity contribution in [1.29, 1.82) is 0 Å². The van der Waals surface area contributed by atoms with Gasteiger partial charge in [0.25, 0.3) is 5.78 Å². The maximum Gasteiger partial charge on any atom is 0.254 e. The number of piperazine rings is 1. The van der Waals surface area contributed by atoms with E-state index in [-0.39, 0.29) is 0 Å². The van der Waals surface area contributed by atoms with E-state index in [4.69, 9.17) is 0 Å². The smallest absolute Gasteiger partial charge is 0.254 e. The SMILES string of the molecule is CCN(C)CCCN1CCN(c2cc(C)nc3ncnn23)CC1. The van der Waals surface area contributed by atoms with Gasteiger partial charge in [-0.3, -0.25) is 4.90 Å². The van der Waals surface area contributed by atoms with Crippen LogP contribution in [0.25, 0.3) is 5.78 Å². The van der Waals surface area contributed by atoms with Gasteiger partial charge >= 0.3 is 0 Å². The Hall–Kier alpha value is -1.73. The minimum absolute atomic E-state index is 0.685. The Kier molecular flexibility index (Phi) is 5.07. The van der Waals surface area contributed by atoms with E-state index in [1.165, 1.54) is 19.5 Å². The van der Waals surface area contributed by atoms with E-state index in [2.05, 4.69) is 49.8 Å². The van der Waals surface area contributed by atoms with Gasteiger partial charge in [0.05, 0.1) is 0 Å². The summed E-state index contributed by atoms with van der Waals surface area (Å²) in [6.45, 7) is 12.0. The molecule has 7 nitrogen and oxygen atoms in total. The molecule has 1 fully saturated rings. The molecule has 126 valence electrons. The van der Waals surface area contributed by atoms with Gasteiger partial charge in [-0.05, 0) is 40.0 Å². The summed E-state index contributed by atoms with van der Waals surface area (Å²) in [5.74, 6) is 1.79. The van der Waals surface area contributed by atoms with Gasteiger partial charge < -0.3 is 9.80 Å². The average Bonchev–Trinajstić information content (AvgIpc) is 3.02. The summed E-state index contributed by atoms with van der Waals surface area (Å²) >= 11 is 0. The highest BCUT2D eigenvalue weighted by molar-refractivity contribution is 5.47. The van der Waals surface area contributed by atoms with Gasteiger partial charge in [0.15, 0.2) is 0 Å². The molecular weight excluding hydrogens is 290 g/mol. The second-order valence-corrected chi connectivity index (χ2v) is 6.31. The third-order valence-corrected chi connectivity index (χ3v) is 4.61. The second-order valence-electron chi connectivity index (χ2n) is 6.31. The largest absolute Gasteiger partial charge is 0.354 e. The first-order valence-corrected chi connectivity index (χ1v) is 8.50. The number of anilines is 1. The number of nitrogens with zero attached hydrogens (tertiary/aromatic N) is 7. The first-order chi connectivity index (χ1) is 11.2. The molecule has 1 saturated heterocycles. The molecule has 1 aliphatic rings. The van der Waals surface area contributed by atoms with Gasteiger partial charge in [0.2, 0.25) is 0 Å². The van der Waals surface area contributed by atoms with Crippen LogP contribution in [0.15, 0.2) is 12.4 Å². The van der Waals surface area contributed by atoms with Crippen molar-refractivity contribution in [2.45, 2.75) is 20.3 Å². The molecular formula is C16H27N7. The van der Waals surface area contributed by atoms with E-state index in [9.17, 15) is 0 Å². The molecule has 0 bridgehead atoms. The van der Waals surface area contributed by atoms with Crippen molar-refractivity contribution in [3.05, 3.63) is 18.1 Å². The summed E-state index contributed by atoms with van der Waals surface area (Å²) in [5.41, 5.74) is 0.991. The van der Waals surface area contributed by atoms with E-state index in [0.29, 0.717) is 5.78 Å². The van der Waals surface area contributed by atoms with E-state index < -0.39 is 0 Å². The second kappa shape index (κ2) is 7.23. The van der Waals surface area contributed by atoms with Crippen LogP contribution in [-0.2, 0) is 0 Å². The van der Waals surface area contributed by atoms with Crippen LogP contribution in [0.3, 0.4) is 0 Å². The minimum atomic E-state index is 0.685. The van der Waals surface area contributed by atoms with Crippen molar-refractivity contribution >= 4 is 11.6 Å². The Morgan fingerprint density at radius 3 is 2.74 bits per heavy atom. The van der Waals surface area contributed by atoms with Gasteiger partial charge in [0.1, 0.15) is 12.1 Å². The molecule has 3 heterocycles. The Morgan fingerprint density at radius 1 is 1.22 bits per heavy atom. The molecule has 0 aromatic carbocycles. The van der Waals surface area contributed by atoms with E-state index in [1.807, 2.05) is 11.4 Å². The average molecular weight is 317 g/mol. The number of hydrogen-bond donors (Lipinski definition) is 0. The molecule has 0 amide bonds. The first kappa shape index (κ1) is 16.1. The van der Waals surface area contributed by atoms with E-state index in [1.54, 1.807) is 6.33 Å². The fraction of sp³-hybridized carbons (Fsp3) is 0.688. The number of aryl methyl sites for hydroxylation is 1. The zero-order valence-electron chi connectivity index (χ0n) is 14.4. The molecule has 2 aromatic rings. The van der Waals surface area contributed by atoms with E-state index >= 15 is 0 Å². The highest BCUT2D eigenvalue weighted by Crippen LogP contribution is 2.17. The van der Waals surface area contributed by atoms with Crippen LogP contribution in [0, 0.1) is 6.92 Å². The predicted octanol–water partition coefficient (Wildman–Crippen LogP) is 0.897. The molecule has 0 atom stereocenters. The lowest BCUT2D eigenvalue weighted by Gasteiger charge is -2.36. The number of hydrogen-bond acceptors (Lipinski definition) is 6.